The van der Waals surface area contributed by atoms with Gasteiger partial charge in [0.25, 0.3) is 5.91 Å². The summed E-state index contributed by atoms with van der Waals surface area (Å²) in [7, 11) is 0. The zero-order valence-corrected chi connectivity index (χ0v) is 13.1. The summed E-state index contributed by atoms with van der Waals surface area (Å²) in [6, 6.07) is 4.01. The highest BCUT2D eigenvalue weighted by Crippen LogP contribution is 2.08. The van der Waals surface area contributed by atoms with Gasteiger partial charge < -0.3 is 20.6 Å². The molecular formula is C16H20FN3O4. The van der Waals surface area contributed by atoms with Gasteiger partial charge in [0.05, 0.1) is 0 Å². The van der Waals surface area contributed by atoms with E-state index in [-0.39, 0.29) is 24.3 Å². The van der Waals surface area contributed by atoms with Crippen molar-refractivity contribution < 1.29 is 23.9 Å². The van der Waals surface area contributed by atoms with Crippen molar-refractivity contribution >= 4 is 17.8 Å². The van der Waals surface area contributed by atoms with E-state index in [0.717, 1.165) is 12.1 Å². The first-order valence-electron chi connectivity index (χ1n) is 7.75. The van der Waals surface area contributed by atoms with Crippen LogP contribution in [0.3, 0.4) is 0 Å². The topological polar surface area (TPSA) is 98.7 Å². The van der Waals surface area contributed by atoms with Crippen LogP contribution in [0.25, 0.3) is 0 Å². The van der Waals surface area contributed by atoms with Crippen molar-refractivity contribution in [2.45, 2.75) is 18.9 Å². The molecule has 1 aromatic carbocycles. The maximum atomic E-state index is 12.9. The van der Waals surface area contributed by atoms with Crippen molar-refractivity contribution in [2.75, 3.05) is 26.2 Å². The molecule has 130 valence electrons. The number of benzene rings is 1. The molecule has 0 saturated carbocycles. The largest absolute Gasteiger partial charge is 0.481 e. The van der Waals surface area contributed by atoms with Gasteiger partial charge in [-0.1, -0.05) is 0 Å². The Morgan fingerprint density at radius 3 is 2.42 bits per heavy atom. The number of halogens is 1. The molecule has 1 aromatic rings. The molecule has 1 aliphatic heterocycles. The number of hydrogen-bond donors (Lipinski definition) is 3. The molecule has 1 saturated heterocycles. The van der Waals surface area contributed by atoms with Crippen molar-refractivity contribution in [1.82, 2.24) is 15.5 Å². The summed E-state index contributed by atoms with van der Waals surface area (Å²) in [5.74, 6) is -2.34. The molecule has 0 radical (unpaired) electrons. The van der Waals surface area contributed by atoms with E-state index in [2.05, 4.69) is 10.6 Å². The molecule has 1 aliphatic rings. The summed E-state index contributed by atoms with van der Waals surface area (Å²) in [6.07, 6.45) is -0.225. The Kier molecular flexibility index (Phi) is 6.25. The predicted molar refractivity (Wildman–Crippen MR) is 84.0 cm³/mol. The van der Waals surface area contributed by atoms with Crippen LogP contribution in [0.5, 0.6) is 0 Å². The lowest BCUT2D eigenvalue weighted by Crippen LogP contribution is -2.54. The van der Waals surface area contributed by atoms with Gasteiger partial charge in [-0.3, -0.25) is 14.4 Å². The van der Waals surface area contributed by atoms with Gasteiger partial charge in [0.15, 0.2) is 0 Å². The number of piperazine rings is 1. The van der Waals surface area contributed by atoms with Crippen LogP contribution in [0.15, 0.2) is 24.3 Å². The Labute approximate surface area is 138 Å². The molecule has 0 bridgehead atoms. The van der Waals surface area contributed by atoms with Crippen molar-refractivity contribution in [3.05, 3.63) is 35.6 Å². The fourth-order valence-electron chi connectivity index (χ4n) is 2.47. The molecular weight excluding hydrogens is 317 g/mol. The van der Waals surface area contributed by atoms with Crippen LogP contribution in [-0.2, 0) is 9.59 Å². The van der Waals surface area contributed by atoms with E-state index >= 15 is 0 Å². The number of nitrogens with one attached hydrogen (secondary N) is 2. The molecule has 0 unspecified atom stereocenters. The van der Waals surface area contributed by atoms with E-state index in [0.29, 0.717) is 26.2 Å². The number of carbonyl (C=O) groups excluding carboxylic acids is 2. The van der Waals surface area contributed by atoms with Gasteiger partial charge in [0, 0.05) is 38.2 Å². The van der Waals surface area contributed by atoms with Gasteiger partial charge in [0.2, 0.25) is 5.91 Å². The first-order valence-corrected chi connectivity index (χ1v) is 7.75. The highest BCUT2D eigenvalue weighted by atomic mass is 19.1. The van der Waals surface area contributed by atoms with Crippen molar-refractivity contribution in [3.8, 4) is 0 Å². The number of rotatable bonds is 6. The summed E-state index contributed by atoms with van der Waals surface area (Å²) >= 11 is 0. The third-order valence-electron chi connectivity index (χ3n) is 3.79. The third-order valence-corrected chi connectivity index (χ3v) is 3.79. The SMILES string of the molecule is O=C(O)CC[C@H](NC(=O)c1ccc(F)cc1)C(=O)N1CCNCC1. The number of carboxylic acids is 1. The maximum absolute atomic E-state index is 12.9. The minimum atomic E-state index is -1.04. The average molecular weight is 337 g/mol. The molecule has 3 N–H and O–H groups in total. The molecule has 1 atom stereocenters. The summed E-state index contributed by atoms with van der Waals surface area (Å²) in [5.41, 5.74) is 0.213. The number of aliphatic carboxylic acids is 1. The fourth-order valence-corrected chi connectivity index (χ4v) is 2.47. The number of carbonyl (C=O) groups is 3. The van der Waals surface area contributed by atoms with Gasteiger partial charge >= 0.3 is 5.97 Å². The molecule has 2 amide bonds. The monoisotopic (exact) mass is 337 g/mol. The standard InChI is InChI=1S/C16H20FN3O4/c17-12-3-1-11(2-4-12)15(23)19-13(5-6-14(21)22)16(24)20-9-7-18-8-10-20/h1-4,13,18H,5-10H2,(H,19,23)(H,21,22)/t13-/m0/s1. The first-order chi connectivity index (χ1) is 11.5. The quantitative estimate of drug-likeness (QED) is 0.690. The van der Waals surface area contributed by atoms with Crippen LogP contribution < -0.4 is 10.6 Å². The summed E-state index contributed by atoms with van der Waals surface area (Å²) in [5, 5.41) is 14.5. The second-order valence-electron chi connectivity index (χ2n) is 5.54. The van der Waals surface area contributed by atoms with Gasteiger partial charge in [-0.2, -0.15) is 0 Å². The Hall–Kier alpha value is -2.48. The van der Waals surface area contributed by atoms with E-state index in [1.807, 2.05) is 0 Å². The number of amides is 2. The summed E-state index contributed by atoms with van der Waals surface area (Å²) in [6.45, 7) is 2.33. The molecule has 8 heteroatoms. The second kappa shape index (κ2) is 8.39. The minimum Gasteiger partial charge on any atom is -0.481 e. The van der Waals surface area contributed by atoms with E-state index < -0.39 is 23.7 Å². The van der Waals surface area contributed by atoms with Crippen LogP contribution in [-0.4, -0.2) is 60.0 Å². The lowest BCUT2D eigenvalue weighted by Gasteiger charge is -2.31. The van der Waals surface area contributed by atoms with Gasteiger partial charge in [-0.25, -0.2) is 4.39 Å². The first kappa shape index (κ1) is 17.9. The molecule has 0 spiro atoms. The van der Waals surface area contributed by atoms with E-state index in [4.69, 9.17) is 5.11 Å². The lowest BCUT2D eigenvalue weighted by atomic mass is 10.1. The molecule has 24 heavy (non-hydrogen) atoms. The minimum absolute atomic E-state index is 0.00499. The smallest absolute Gasteiger partial charge is 0.303 e. The highest BCUT2D eigenvalue weighted by Gasteiger charge is 2.27. The van der Waals surface area contributed by atoms with Gasteiger partial charge in [-0.15, -0.1) is 0 Å². The fraction of sp³-hybridized carbons (Fsp3) is 0.438. The van der Waals surface area contributed by atoms with Crippen molar-refractivity contribution in [2.24, 2.45) is 0 Å². The lowest BCUT2D eigenvalue weighted by molar-refractivity contribution is -0.138. The van der Waals surface area contributed by atoms with E-state index in [9.17, 15) is 18.8 Å². The Balaban J connectivity index is 2.06. The zero-order valence-electron chi connectivity index (χ0n) is 13.1. The number of hydrogen-bond acceptors (Lipinski definition) is 4. The Morgan fingerprint density at radius 1 is 1.21 bits per heavy atom. The molecule has 0 aromatic heterocycles. The van der Waals surface area contributed by atoms with Gasteiger partial charge in [-0.05, 0) is 30.7 Å². The van der Waals surface area contributed by atoms with Crippen LogP contribution in [0, 0.1) is 5.82 Å². The summed E-state index contributed by atoms with van der Waals surface area (Å²) in [4.78, 5) is 37.2. The predicted octanol–water partition coefficient (Wildman–Crippen LogP) is 0.221. The van der Waals surface area contributed by atoms with Crippen LogP contribution >= 0.6 is 0 Å². The Morgan fingerprint density at radius 2 is 1.83 bits per heavy atom. The number of carboxylic acid groups (broad SMARTS) is 1. The van der Waals surface area contributed by atoms with Crippen molar-refractivity contribution in [1.29, 1.82) is 0 Å². The molecule has 7 nitrogen and oxygen atoms in total. The summed E-state index contributed by atoms with van der Waals surface area (Å²) < 4.78 is 12.9. The average Bonchev–Trinajstić information content (AvgIpc) is 2.59. The third kappa shape index (κ3) is 5.02. The maximum Gasteiger partial charge on any atom is 0.303 e. The Bertz CT molecular complexity index is 600. The molecule has 1 heterocycles. The van der Waals surface area contributed by atoms with Gasteiger partial charge in [0.1, 0.15) is 11.9 Å². The van der Waals surface area contributed by atoms with Crippen LogP contribution in [0.4, 0.5) is 4.39 Å². The highest BCUT2D eigenvalue weighted by molar-refractivity contribution is 5.97. The molecule has 1 fully saturated rings. The number of nitrogens with zero attached hydrogens (tertiary/aromatic N) is 1. The molecule has 0 aliphatic carbocycles. The second-order valence-corrected chi connectivity index (χ2v) is 5.54. The molecule has 2 rings (SSSR count). The van der Waals surface area contributed by atoms with Crippen LogP contribution in [0.2, 0.25) is 0 Å². The normalized spacial score (nSPS) is 15.6. The zero-order chi connectivity index (χ0) is 17.5. The van der Waals surface area contributed by atoms with Crippen molar-refractivity contribution in [3.63, 3.8) is 0 Å². The van der Waals surface area contributed by atoms with Crippen LogP contribution in [0.1, 0.15) is 23.2 Å². The van der Waals surface area contributed by atoms with E-state index in [1.165, 1.54) is 12.1 Å². The van der Waals surface area contributed by atoms with E-state index in [1.54, 1.807) is 4.90 Å².